The van der Waals surface area contributed by atoms with Gasteiger partial charge in [-0.25, -0.2) is 0 Å². The molecule has 3 nitrogen and oxygen atoms in total. The standard InChI is InChI=1S/C18H35N3/c1-3-4-5-6-7-8-9-10-11-12-13-14-18-20-15-16-21(18)17(2)19/h7-8,17H,3-6,9-16,19H2,1-2H3/b8-7+. The van der Waals surface area contributed by atoms with E-state index in [1.165, 1.54) is 63.6 Å². The van der Waals surface area contributed by atoms with Gasteiger partial charge in [0.25, 0.3) is 0 Å². The molecular formula is C18H35N3. The minimum Gasteiger partial charge on any atom is -0.343 e. The fourth-order valence-electron chi connectivity index (χ4n) is 2.81. The van der Waals surface area contributed by atoms with Gasteiger partial charge in [0.05, 0.1) is 12.7 Å². The number of nitrogens with two attached hydrogens (primary N) is 1. The van der Waals surface area contributed by atoms with Crippen molar-refractivity contribution >= 4 is 5.84 Å². The van der Waals surface area contributed by atoms with Gasteiger partial charge in [-0.3, -0.25) is 4.99 Å². The van der Waals surface area contributed by atoms with Crippen LogP contribution < -0.4 is 5.73 Å². The van der Waals surface area contributed by atoms with Crippen LogP contribution in [0, 0.1) is 0 Å². The van der Waals surface area contributed by atoms with Gasteiger partial charge in [0.15, 0.2) is 0 Å². The van der Waals surface area contributed by atoms with Crippen molar-refractivity contribution in [2.45, 2.75) is 84.2 Å². The zero-order valence-electron chi connectivity index (χ0n) is 14.2. The first-order chi connectivity index (χ1) is 10.3. The van der Waals surface area contributed by atoms with Crippen LogP contribution in [0.25, 0.3) is 0 Å². The molecule has 21 heavy (non-hydrogen) atoms. The van der Waals surface area contributed by atoms with E-state index in [0.29, 0.717) is 0 Å². The summed E-state index contributed by atoms with van der Waals surface area (Å²) in [5, 5.41) is 0. The summed E-state index contributed by atoms with van der Waals surface area (Å²) in [5.74, 6) is 1.24. The van der Waals surface area contributed by atoms with Gasteiger partial charge < -0.3 is 10.6 Å². The lowest BCUT2D eigenvalue weighted by atomic mass is 10.1. The molecule has 0 aromatic rings. The first-order valence-electron chi connectivity index (χ1n) is 8.96. The van der Waals surface area contributed by atoms with Crippen molar-refractivity contribution in [3.8, 4) is 0 Å². The van der Waals surface area contributed by atoms with Crippen molar-refractivity contribution in [3.63, 3.8) is 0 Å². The summed E-state index contributed by atoms with van der Waals surface area (Å²) in [4.78, 5) is 6.82. The second-order valence-electron chi connectivity index (χ2n) is 6.15. The summed E-state index contributed by atoms with van der Waals surface area (Å²) < 4.78 is 0. The molecule has 1 aliphatic rings. The van der Waals surface area contributed by atoms with Crippen LogP contribution in [-0.2, 0) is 0 Å². The SMILES string of the molecule is CCCCC/C=C/CCCCCCC1=NCCN1C(C)N. The van der Waals surface area contributed by atoms with Gasteiger partial charge >= 0.3 is 0 Å². The van der Waals surface area contributed by atoms with E-state index in [1.807, 2.05) is 6.92 Å². The molecule has 0 aromatic carbocycles. The molecule has 3 heteroatoms. The van der Waals surface area contributed by atoms with Crippen LogP contribution in [0.5, 0.6) is 0 Å². The molecule has 0 fully saturated rings. The summed E-state index contributed by atoms with van der Waals surface area (Å²) >= 11 is 0. The number of amidine groups is 1. The molecule has 0 aromatic heterocycles. The van der Waals surface area contributed by atoms with E-state index in [9.17, 15) is 0 Å². The van der Waals surface area contributed by atoms with Gasteiger partial charge in [-0.1, -0.05) is 44.8 Å². The minimum atomic E-state index is 0.115. The molecule has 0 radical (unpaired) electrons. The first-order valence-corrected chi connectivity index (χ1v) is 8.96. The second-order valence-corrected chi connectivity index (χ2v) is 6.15. The Hall–Kier alpha value is -0.830. The van der Waals surface area contributed by atoms with E-state index >= 15 is 0 Å². The van der Waals surface area contributed by atoms with Crippen molar-refractivity contribution in [2.24, 2.45) is 10.7 Å². The number of allylic oxidation sites excluding steroid dienone is 2. The van der Waals surface area contributed by atoms with Crippen LogP contribution in [0.3, 0.4) is 0 Å². The summed E-state index contributed by atoms with van der Waals surface area (Å²) in [6, 6.07) is 0. The lowest BCUT2D eigenvalue weighted by molar-refractivity contribution is 0.359. The highest BCUT2D eigenvalue weighted by Gasteiger charge is 2.18. The molecule has 0 amide bonds. The summed E-state index contributed by atoms with van der Waals surface area (Å²) in [6.07, 6.45) is 17.7. The van der Waals surface area contributed by atoms with Crippen LogP contribution in [0.4, 0.5) is 0 Å². The molecule has 0 spiro atoms. The summed E-state index contributed by atoms with van der Waals surface area (Å²) in [5.41, 5.74) is 5.95. The van der Waals surface area contributed by atoms with Gasteiger partial charge in [0.2, 0.25) is 0 Å². The van der Waals surface area contributed by atoms with Crippen molar-refractivity contribution in [1.82, 2.24) is 4.90 Å². The van der Waals surface area contributed by atoms with Gasteiger partial charge in [-0.05, 0) is 39.0 Å². The Morgan fingerprint density at radius 3 is 2.43 bits per heavy atom. The Labute approximate surface area is 131 Å². The Morgan fingerprint density at radius 1 is 1.10 bits per heavy atom. The van der Waals surface area contributed by atoms with Crippen LogP contribution in [0.2, 0.25) is 0 Å². The Bertz CT molecular complexity index is 308. The molecule has 1 atom stereocenters. The van der Waals surface area contributed by atoms with Crippen molar-refractivity contribution in [1.29, 1.82) is 0 Å². The molecule has 0 saturated heterocycles. The lowest BCUT2D eigenvalue weighted by Gasteiger charge is -2.24. The fraction of sp³-hybridized carbons (Fsp3) is 0.833. The highest BCUT2D eigenvalue weighted by molar-refractivity contribution is 5.83. The molecule has 122 valence electrons. The largest absolute Gasteiger partial charge is 0.343 e. The third-order valence-electron chi connectivity index (χ3n) is 4.12. The van der Waals surface area contributed by atoms with E-state index in [2.05, 4.69) is 29.0 Å². The van der Waals surface area contributed by atoms with E-state index in [4.69, 9.17) is 5.73 Å². The molecule has 0 saturated carbocycles. The lowest BCUT2D eigenvalue weighted by Crippen LogP contribution is -2.41. The highest BCUT2D eigenvalue weighted by Crippen LogP contribution is 2.12. The molecule has 1 rings (SSSR count). The van der Waals surface area contributed by atoms with Crippen molar-refractivity contribution in [2.75, 3.05) is 13.1 Å². The smallest absolute Gasteiger partial charge is 0.100 e. The van der Waals surface area contributed by atoms with Crippen LogP contribution in [0.15, 0.2) is 17.1 Å². The normalized spacial score (nSPS) is 16.7. The quantitative estimate of drug-likeness (QED) is 0.426. The Balaban J connectivity index is 1.93. The molecule has 1 aliphatic heterocycles. The van der Waals surface area contributed by atoms with E-state index in [-0.39, 0.29) is 6.17 Å². The van der Waals surface area contributed by atoms with Crippen LogP contribution in [0.1, 0.15) is 78.1 Å². The predicted molar refractivity (Wildman–Crippen MR) is 93.6 cm³/mol. The number of aliphatic imine (C=N–C) groups is 1. The predicted octanol–water partition coefficient (Wildman–Crippen LogP) is 4.48. The first kappa shape index (κ1) is 18.2. The fourth-order valence-corrected chi connectivity index (χ4v) is 2.81. The average Bonchev–Trinajstić information content (AvgIpc) is 2.93. The third-order valence-corrected chi connectivity index (χ3v) is 4.12. The molecule has 0 aliphatic carbocycles. The molecule has 1 unspecified atom stereocenters. The number of hydrogen-bond acceptors (Lipinski definition) is 3. The average molecular weight is 293 g/mol. The van der Waals surface area contributed by atoms with Gasteiger partial charge in [-0.15, -0.1) is 0 Å². The summed E-state index contributed by atoms with van der Waals surface area (Å²) in [7, 11) is 0. The van der Waals surface area contributed by atoms with Crippen molar-refractivity contribution < 1.29 is 0 Å². The Kier molecular flexibility index (Phi) is 10.2. The van der Waals surface area contributed by atoms with E-state index in [1.54, 1.807) is 0 Å². The Morgan fingerprint density at radius 2 is 1.76 bits per heavy atom. The number of rotatable bonds is 12. The number of nitrogens with zero attached hydrogens (tertiary/aromatic N) is 2. The van der Waals surface area contributed by atoms with Crippen LogP contribution >= 0.6 is 0 Å². The molecular weight excluding hydrogens is 258 g/mol. The van der Waals surface area contributed by atoms with E-state index < -0.39 is 0 Å². The number of unbranched alkanes of at least 4 members (excludes halogenated alkanes) is 7. The number of hydrogen-bond donors (Lipinski definition) is 1. The third kappa shape index (κ3) is 8.25. The topological polar surface area (TPSA) is 41.6 Å². The van der Waals surface area contributed by atoms with E-state index in [0.717, 1.165) is 19.5 Å². The van der Waals surface area contributed by atoms with Crippen LogP contribution in [-0.4, -0.2) is 30.0 Å². The maximum atomic E-state index is 5.95. The maximum absolute atomic E-state index is 5.95. The van der Waals surface area contributed by atoms with Crippen molar-refractivity contribution in [3.05, 3.63) is 12.2 Å². The molecule has 0 bridgehead atoms. The zero-order chi connectivity index (χ0) is 15.3. The van der Waals surface area contributed by atoms with Gasteiger partial charge in [0.1, 0.15) is 5.84 Å². The zero-order valence-corrected chi connectivity index (χ0v) is 14.2. The minimum absolute atomic E-state index is 0.115. The molecule has 2 N–H and O–H groups in total. The highest BCUT2D eigenvalue weighted by atomic mass is 15.3. The van der Waals surface area contributed by atoms with Gasteiger partial charge in [0, 0.05) is 13.0 Å². The monoisotopic (exact) mass is 293 g/mol. The molecule has 1 heterocycles. The summed E-state index contributed by atoms with van der Waals surface area (Å²) in [6.45, 7) is 6.25. The second kappa shape index (κ2) is 11.8. The maximum Gasteiger partial charge on any atom is 0.100 e. The van der Waals surface area contributed by atoms with Gasteiger partial charge in [-0.2, -0.15) is 0 Å².